The summed E-state index contributed by atoms with van der Waals surface area (Å²) in [5.41, 5.74) is 6.04. The molecule has 0 saturated heterocycles. The monoisotopic (exact) mass is 357 g/mol. The van der Waals surface area contributed by atoms with E-state index in [0.29, 0.717) is 22.9 Å². The first-order valence-electron chi connectivity index (χ1n) is 7.02. The first-order chi connectivity index (χ1) is 11.3. The molecule has 0 aliphatic heterocycles. The zero-order valence-electron chi connectivity index (χ0n) is 12.5. The Morgan fingerprint density at radius 3 is 2.38 bits per heavy atom. The van der Waals surface area contributed by atoms with Crippen molar-refractivity contribution in [2.24, 2.45) is 0 Å². The second-order valence-electron chi connectivity index (χ2n) is 5.06. The van der Waals surface area contributed by atoms with Crippen molar-refractivity contribution >= 4 is 28.7 Å². The molecule has 0 radical (unpaired) electrons. The minimum atomic E-state index is -4.71. The summed E-state index contributed by atoms with van der Waals surface area (Å²) in [5, 5.41) is 6.14. The third-order valence-corrected chi connectivity index (χ3v) is 3.45. The Morgan fingerprint density at radius 2 is 1.75 bits per heavy atom. The van der Waals surface area contributed by atoms with Gasteiger partial charge in [-0.15, -0.1) is 0 Å². The molecule has 0 aliphatic carbocycles. The van der Waals surface area contributed by atoms with Gasteiger partial charge in [0.25, 0.3) is 0 Å². The van der Waals surface area contributed by atoms with Crippen molar-refractivity contribution in [3.05, 3.63) is 59.4 Å². The van der Waals surface area contributed by atoms with Crippen LogP contribution in [0.5, 0.6) is 0 Å². The summed E-state index contributed by atoms with van der Waals surface area (Å²) >= 11 is 5.10. The molecule has 24 heavy (non-hydrogen) atoms. The van der Waals surface area contributed by atoms with E-state index in [4.69, 9.17) is 18.0 Å². The second kappa shape index (κ2) is 7.48. The molecule has 0 bridgehead atoms. The molecular formula is C16H15F4N3S. The average Bonchev–Trinajstić information content (AvgIpc) is 2.50. The Kier molecular flexibility index (Phi) is 5.61. The van der Waals surface area contributed by atoms with E-state index in [0.717, 1.165) is 17.8 Å². The molecular weight excluding hydrogens is 342 g/mol. The van der Waals surface area contributed by atoms with E-state index in [9.17, 15) is 17.6 Å². The molecule has 2 aromatic rings. The predicted molar refractivity (Wildman–Crippen MR) is 90.2 cm³/mol. The lowest BCUT2D eigenvalue weighted by atomic mass is 10.1. The normalized spacial score (nSPS) is 11.2. The highest BCUT2D eigenvalue weighted by molar-refractivity contribution is 7.80. The van der Waals surface area contributed by atoms with E-state index in [1.165, 1.54) is 6.07 Å². The van der Waals surface area contributed by atoms with Gasteiger partial charge in [0.05, 0.1) is 5.56 Å². The van der Waals surface area contributed by atoms with Gasteiger partial charge in [0, 0.05) is 17.9 Å². The molecule has 3 nitrogen and oxygen atoms in total. The van der Waals surface area contributed by atoms with E-state index < -0.39 is 17.6 Å². The van der Waals surface area contributed by atoms with Crippen molar-refractivity contribution < 1.29 is 17.6 Å². The van der Waals surface area contributed by atoms with Gasteiger partial charge in [-0.1, -0.05) is 6.07 Å². The quantitative estimate of drug-likeness (QED) is 0.441. The highest BCUT2D eigenvalue weighted by atomic mass is 32.1. The largest absolute Gasteiger partial charge is 0.419 e. The number of nitrogen functional groups attached to an aromatic ring is 1. The number of alkyl halides is 3. The van der Waals surface area contributed by atoms with Gasteiger partial charge in [0.2, 0.25) is 0 Å². The maximum absolute atomic E-state index is 13.2. The van der Waals surface area contributed by atoms with Crippen molar-refractivity contribution in [1.29, 1.82) is 0 Å². The molecule has 0 saturated carbocycles. The van der Waals surface area contributed by atoms with Crippen LogP contribution in [0.4, 0.5) is 28.9 Å². The summed E-state index contributed by atoms with van der Waals surface area (Å²) in [5.74, 6) is -1.28. The van der Waals surface area contributed by atoms with Crippen molar-refractivity contribution in [3.8, 4) is 0 Å². The SMILES string of the molecule is Nc1ccc(NC(=S)NCCc2ccc(F)c(C(F)(F)F)c2)cc1. The third-order valence-electron chi connectivity index (χ3n) is 3.20. The zero-order valence-corrected chi connectivity index (χ0v) is 13.3. The second-order valence-corrected chi connectivity index (χ2v) is 5.47. The topological polar surface area (TPSA) is 50.1 Å². The molecule has 0 fully saturated rings. The first kappa shape index (κ1) is 18.0. The molecule has 0 aliphatic rings. The van der Waals surface area contributed by atoms with E-state index in [2.05, 4.69) is 10.6 Å². The maximum atomic E-state index is 13.2. The Labute approximate surface area is 141 Å². The highest BCUT2D eigenvalue weighted by Gasteiger charge is 2.34. The fourth-order valence-corrected chi connectivity index (χ4v) is 2.23. The van der Waals surface area contributed by atoms with Gasteiger partial charge >= 0.3 is 6.18 Å². The molecule has 0 atom stereocenters. The summed E-state index contributed by atoms with van der Waals surface area (Å²) in [6.45, 7) is 0.309. The molecule has 128 valence electrons. The first-order valence-corrected chi connectivity index (χ1v) is 7.42. The Balaban J connectivity index is 1.87. The number of nitrogens with two attached hydrogens (primary N) is 1. The van der Waals surface area contributed by atoms with Crippen molar-refractivity contribution in [2.45, 2.75) is 12.6 Å². The summed E-state index contributed by atoms with van der Waals surface area (Å²) in [6, 6.07) is 9.88. The Hall–Kier alpha value is -2.35. The van der Waals surface area contributed by atoms with Gasteiger partial charge in [-0.3, -0.25) is 0 Å². The van der Waals surface area contributed by atoms with Crippen LogP contribution in [0.3, 0.4) is 0 Å². The Morgan fingerprint density at radius 1 is 1.08 bits per heavy atom. The maximum Gasteiger partial charge on any atom is 0.419 e. The number of benzene rings is 2. The van der Waals surface area contributed by atoms with Gasteiger partial charge in [-0.25, -0.2) is 4.39 Å². The Bertz CT molecular complexity index is 714. The van der Waals surface area contributed by atoms with E-state index in [1.54, 1.807) is 24.3 Å². The highest BCUT2D eigenvalue weighted by Crippen LogP contribution is 2.31. The molecule has 0 spiro atoms. The molecule has 2 rings (SSSR count). The van der Waals surface area contributed by atoms with E-state index in [1.807, 2.05) is 0 Å². The van der Waals surface area contributed by atoms with E-state index >= 15 is 0 Å². The molecule has 0 unspecified atom stereocenters. The zero-order chi connectivity index (χ0) is 17.7. The van der Waals surface area contributed by atoms with Crippen LogP contribution in [-0.4, -0.2) is 11.7 Å². The van der Waals surface area contributed by atoms with Gasteiger partial charge in [0.1, 0.15) is 5.82 Å². The lowest BCUT2D eigenvalue weighted by Crippen LogP contribution is -2.30. The van der Waals surface area contributed by atoms with Crippen molar-refractivity contribution in [3.63, 3.8) is 0 Å². The van der Waals surface area contributed by atoms with Crippen LogP contribution in [0.25, 0.3) is 0 Å². The number of anilines is 2. The smallest absolute Gasteiger partial charge is 0.399 e. The fraction of sp³-hybridized carbons (Fsp3) is 0.188. The van der Waals surface area contributed by atoms with Crippen LogP contribution in [0.15, 0.2) is 42.5 Å². The van der Waals surface area contributed by atoms with Crippen LogP contribution in [0.2, 0.25) is 0 Å². The van der Waals surface area contributed by atoms with Crippen LogP contribution in [0.1, 0.15) is 11.1 Å². The summed E-state index contributed by atoms with van der Waals surface area (Å²) in [6.07, 6.45) is -4.44. The number of hydrogen-bond donors (Lipinski definition) is 3. The van der Waals surface area contributed by atoms with Gasteiger partial charge in [-0.2, -0.15) is 13.2 Å². The molecule has 2 aromatic carbocycles. The van der Waals surface area contributed by atoms with Gasteiger partial charge in [0.15, 0.2) is 5.11 Å². The van der Waals surface area contributed by atoms with Crippen LogP contribution in [-0.2, 0) is 12.6 Å². The summed E-state index contributed by atoms with van der Waals surface area (Å²) in [4.78, 5) is 0. The summed E-state index contributed by atoms with van der Waals surface area (Å²) < 4.78 is 51.2. The van der Waals surface area contributed by atoms with Gasteiger partial charge < -0.3 is 16.4 Å². The standard InChI is InChI=1S/C16H15F4N3S/c17-14-6-1-10(9-13(14)16(18,19)20)7-8-22-15(24)23-12-4-2-11(21)3-5-12/h1-6,9H,7-8,21H2,(H2,22,23,24). The lowest BCUT2D eigenvalue weighted by molar-refractivity contribution is -0.140. The van der Waals surface area contributed by atoms with Crippen LogP contribution >= 0.6 is 12.2 Å². The minimum absolute atomic E-state index is 0.271. The third kappa shape index (κ3) is 5.09. The number of rotatable bonds is 4. The summed E-state index contributed by atoms with van der Waals surface area (Å²) in [7, 11) is 0. The van der Waals surface area contributed by atoms with Crippen LogP contribution in [0, 0.1) is 5.82 Å². The molecule has 0 heterocycles. The number of nitrogens with one attached hydrogen (secondary N) is 2. The number of thiocarbonyl (C=S) groups is 1. The fourth-order valence-electron chi connectivity index (χ4n) is 2.01. The number of halogens is 4. The minimum Gasteiger partial charge on any atom is -0.399 e. The van der Waals surface area contributed by atoms with Crippen molar-refractivity contribution in [2.75, 3.05) is 17.6 Å². The molecule has 8 heteroatoms. The van der Waals surface area contributed by atoms with Crippen molar-refractivity contribution in [1.82, 2.24) is 5.32 Å². The lowest BCUT2D eigenvalue weighted by Gasteiger charge is -2.12. The predicted octanol–water partition coefficient (Wildman–Crippen LogP) is 3.96. The van der Waals surface area contributed by atoms with Gasteiger partial charge in [-0.05, 0) is 60.6 Å². The molecule has 0 amide bonds. The molecule has 4 N–H and O–H groups in total. The molecule has 0 aromatic heterocycles. The van der Waals surface area contributed by atoms with E-state index in [-0.39, 0.29) is 6.42 Å². The van der Waals surface area contributed by atoms with Crippen LogP contribution < -0.4 is 16.4 Å². The number of hydrogen-bond acceptors (Lipinski definition) is 2. The average molecular weight is 357 g/mol.